The number of carbonyl (C=O) groups excluding carboxylic acids is 1. The molecule has 2 aliphatic rings. The second-order valence-corrected chi connectivity index (χ2v) is 8.32. The molecule has 2 atom stereocenters. The molecule has 0 bridgehead atoms. The summed E-state index contributed by atoms with van der Waals surface area (Å²) in [6.45, 7) is 6.69. The highest BCUT2D eigenvalue weighted by Crippen LogP contribution is 2.47. The summed E-state index contributed by atoms with van der Waals surface area (Å²) in [6, 6.07) is 9.78. The first-order valence-electron chi connectivity index (χ1n) is 10.2. The Kier molecular flexibility index (Phi) is 5.09. The van der Waals surface area contributed by atoms with Gasteiger partial charge >= 0.3 is 0 Å². The van der Waals surface area contributed by atoms with E-state index in [4.69, 9.17) is 13.9 Å². The summed E-state index contributed by atoms with van der Waals surface area (Å²) in [6.07, 6.45) is 3.33. The average molecular weight is 383 g/mol. The lowest BCUT2D eigenvalue weighted by Gasteiger charge is -2.22. The molecule has 0 N–H and O–H groups in total. The Morgan fingerprint density at radius 2 is 1.96 bits per heavy atom. The van der Waals surface area contributed by atoms with Crippen LogP contribution in [0.4, 0.5) is 0 Å². The Morgan fingerprint density at radius 3 is 2.57 bits per heavy atom. The van der Waals surface area contributed by atoms with Crippen LogP contribution in [0.25, 0.3) is 0 Å². The van der Waals surface area contributed by atoms with Crippen LogP contribution in [0.2, 0.25) is 0 Å². The highest BCUT2D eigenvalue weighted by atomic mass is 16.5. The zero-order chi connectivity index (χ0) is 19.8. The van der Waals surface area contributed by atoms with Gasteiger partial charge in [0.25, 0.3) is 5.91 Å². The van der Waals surface area contributed by atoms with E-state index in [1.165, 1.54) is 6.42 Å². The largest absolute Gasteiger partial charge is 0.493 e. The Labute approximate surface area is 166 Å². The van der Waals surface area contributed by atoms with E-state index in [0.717, 1.165) is 24.4 Å². The predicted molar refractivity (Wildman–Crippen MR) is 107 cm³/mol. The van der Waals surface area contributed by atoms with Crippen LogP contribution in [0.1, 0.15) is 67.8 Å². The molecule has 2 aromatic rings. The van der Waals surface area contributed by atoms with Crippen molar-refractivity contribution >= 4 is 5.91 Å². The van der Waals surface area contributed by atoms with E-state index in [2.05, 4.69) is 13.0 Å². The molecule has 2 saturated carbocycles. The van der Waals surface area contributed by atoms with Crippen LogP contribution >= 0.6 is 0 Å². The first-order chi connectivity index (χ1) is 13.5. The number of rotatable bonds is 8. The molecule has 1 aromatic carbocycles. The summed E-state index contributed by atoms with van der Waals surface area (Å²) < 4.78 is 17.2. The summed E-state index contributed by atoms with van der Waals surface area (Å²) in [5, 5.41) is 0. The normalized spacial score (nSPS) is 20.9. The van der Waals surface area contributed by atoms with Gasteiger partial charge in [-0.2, -0.15) is 0 Å². The molecule has 150 valence electrons. The minimum Gasteiger partial charge on any atom is -0.493 e. The topological polar surface area (TPSA) is 51.9 Å². The van der Waals surface area contributed by atoms with Crippen molar-refractivity contribution in [1.82, 2.24) is 4.90 Å². The summed E-state index contributed by atoms with van der Waals surface area (Å²) in [7, 11) is 1.60. The zero-order valence-electron chi connectivity index (χ0n) is 17.1. The van der Waals surface area contributed by atoms with Crippen molar-refractivity contribution in [3.05, 3.63) is 47.4 Å². The maximum Gasteiger partial charge on any atom is 0.254 e. The molecular weight excluding hydrogens is 354 g/mol. The third kappa shape index (κ3) is 4.03. The van der Waals surface area contributed by atoms with Crippen LogP contribution in [0.5, 0.6) is 11.5 Å². The van der Waals surface area contributed by atoms with Gasteiger partial charge in [0.1, 0.15) is 11.5 Å². The van der Waals surface area contributed by atoms with Crippen molar-refractivity contribution in [3.63, 3.8) is 0 Å². The minimum absolute atomic E-state index is 0.00892. The van der Waals surface area contributed by atoms with Gasteiger partial charge in [0, 0.05) is 17.5 Å². The monoisotopic (exact) mass is 383 g/mol. The molecule has 0 radical (unpaired) electrons. The number of furan rings is 1. The number of carbonyl (C=O) groups is 1. The quantitative estimate of drug-likeness (QED) is 0.643. The van der Waals surface area contributed by atoms with Gasteiger partial charge in [-0.1, -0.05) is 6.92 Å². The zero-order valence-corrected chi connectivity index (χ0v) is 17.1. The van der Waals surface area contributed by atoms with Crippen LogP contribution < -0.4 is 9.47 Å². The van der Waals surface area contributed by atoms with Crippen molar-refractivity contribution in [3.8, 4) is 11.5 Å². The van der Waals surface area contributed by atoms with E-state index >= 15 is 0 Å². The second kappa shape index (κ2) is 7.53. The molecule has 2 unspecified atom stereocenters. The van der Waals surface area contributed by atoms with E-state index in [1.54, 1.807) is 13.2 Å². The highest BCUT2D eigenvalue weighted by Gasteiger charge is 2.37. The van der Waals surface area contributed by atoms with Crippen LogP contribution in [-0.2, 0) is 6.54 Å². The van der Waals surface area contributed by atoms with E-state index in [1.807, 2.05) is 36.9 Å². The van der Waals surface area contributed by atoms with Crippen LogP contribution in [0.15, 0.2) is 34.7 Å². The van der Waals surface area contributed by atoms with Gasteiger partial charge in [-0.05, 0) is 69.4 Å². The van der Waals surface area contributed by atoms with Gasteiger partial charge < -0.3 is 18.8 Å². The third-order valence-electron chi connectivity index (χ3n) is 5.51. The molecule has 0 aliphatic heterocycles. The fourth-order valence-corrected chi connectivity index (χ4v) is 3.64. The predicted octanol–water partition coefficient (Wildman–Crippen LogP) is 5.00. The fraction of sp³-hybridized carbons (Fsp3) is 0.522. The minimum atomic E-state index is 0.00892. The molecule has 1 aromatic heterocycles. The fourth-order valence-electron chi connectivity index (χ4n) is 3.64. The van der Waals surface area contributed by atoms with Gasteiger partial charge in [-0.25, -0.2) is 0 Å². The molecule has 5 nitrogen and oxygen atoms in total. The van der Waals surface area contributed by atoms with E-state index in [-0.39, 0.29) is 12.0 Å². The molecule has 0 spiro atoms. The van der Waals surface area contributed by atoms with Gasteiger partial charge in [0.05, 0.1) is 19.8 Å². The average Bonchev–Trinajstić information content (AvgIpc) is 3.59. The molecule has 0 saturated heterocycles. The smallest absolute Gasteiger partial charge is 0.254 e. The first kappa shape index (κ1) is 18.9. The summed E-state index contributed by atoms with van der Waals surface area (Å²) in [5.41, 5.74) is 0.613. The molecule has 2 fully saturated rings. The van der Waals surface area contributed by atoms with E-state index in [9.17, 15) is 4.79 Å². The number of hydrogen-bond donors (Lipinski definition) is 0. The number of amides is 1. The summed E-state index contributed by atoms with van der Waals surface area (Å²) >= 11 is 0. The van der Waals surface area contributed by atoms with Crippen molar-refractivity contribution < 1.29 is 18.7 Å². The number of benzene rings is 1. The molecule has 5 heteroatoms. The lowest BCUT2D eigenvalue weighted by molar-refractivity contribution is 0.0716. The molecular formula is C23H29NO4. The van der Waals surface area contributed by atoms with Crippen molar-refractivity contribution in [2.24, 2.45) is 5.92 Å². The first-order valence-corrected chi connectivity index (χ1v) is 10.2. The molecule has 1 amide bonds. The standard InChI is InChI=1S/C23H29NO4/c1-14(2)27-21-9-5-16(12-22(21)26-4)23(25)24(17-6-7-17)13-18-8-10-20(28-18)19-11-15(19)3/h5,8-10,12,14-15,17,19H,6-7,11,13H2,1-4H3. The van der Waals surface area contributed by atoms with E-state index < -0.39 is 0 Å². The Hall–Kier alpha value is -2.43. The molecule has 1 heterocycles. The summed E-state index contributed by atoms with van der Waals surface area (Å²) in [5.74, 6) is 4.42. The summed E-state index contributed by atoms with van der Waals surface area (Å²) in [4.78, 5) is 15.2. The maximum absolute atomic E-state index is 13.2. The Bertz CT molecular complexity index is 852. The SMILES string of the molecule is COc1cc(C(=O)N(Cc2ccc(C3CC3C)o2)C2CC2)ccc1OC(C)C. The van der Waals surface area contributed by atoms with Gasteiger partial charge in [-0.15, -0.1) is 0 Å². The number of nitrogens with zero attached hydrogens (tertiary/aromatic N) is 1. The maximum atomic E-state index is 13.2. The van der Waals surface area contributed by atoms with Crippen LogP contribution in [0, 0.1) is 5.92 Å². The highest BCUT2D eigenvalue weighted by molar-refractivity contribution is 5.95. The van der Waals surface area contributed by atoms with Crippen molar-refractivity contribution in [2.75, 3.05) is 7.11 Å². The Balaban J connectivity index is 1.51. The van der Waals surface area contributed by atoms with Crippen molar-refractivity contribution in [1.29, 1.82) is 0 Å². The third-order valence-corrected chi connectivity index (χ3v) is 5.51. The lowest BCUT2D eigenvalue weighted by Crippen LogP contribution is -2.32. The number of ether oxygens (including phenoxy) is 2. The van der Waals surface area contributed by atoms with Gasteiger partial charge in [-0.3, -0.25) is 4.79 Å². The molecule has 4 rings (SSSR count). The van der Waals surface area contributed by atoms with Crippen LogP contribution in [-0.4, -0.2) is 30.1 Å². The van der Waals surface area contributed by atoms with Gasteiger partial charge in [0.2, 0.25) is 0 Å². The Morgan fingerprint density at radius 1 is 1.21 bits per heavy atom. The molecule has 2 aliphatic carbocycles. The number of methoxy groups -OCH3 is 1. The van der Waals surface area contributed by atoms with Crippen molar-refractivity contribution in [2.45, 2.75) is 64.6 Å². The second-order valence-electron chi connectivity index (χ2n) is 8.32. The van der Waals surface area contributed by atoms with Gasteiger partial charge in [0.15, 0.2) is 11.5 Å². The number of hydrogen-bond acceptors (Lipinski definition) is 4. The lowest BCUT2D eigenvalue weighted by atomic mass is 10.1. The van der Waals surface area contributed by atoms with Crippen LogP contribution in [0.3, 0.4) is 0 Å². The molecule has 28 heavy (non-hydrogen) atoms. The van der Waals surface area contributed by atoms with E-state index in [0.29, 0.717) is 41.5 Å².